The highest BCUT2D eigenvalue weighted by atomic mass is 35.5. The summed E-state index contributed by atoms with van der Waals surface area (Å²) in [6.07, 6.45) is 4.38. The second kappa shape index (κ2) is 9.26. The first-order valence-electron chi connectivity index (χ1n) is 5.59. The summed E-state index contributed by atoms with van der Waals surface area (Å²) in [7, 11) is -0.236. The summed E-state index contributed by atoms with van der Waals surface area (Å²) in [6.45, 7) is 8.01. The summed E-state index contributed by atoms with van der Waals surface area (Å²) in [4.78, 5) is 0. The molecule has 2 nitrogen and oxygen atoms in total. The number of rotatable bonds is 8. The molecule has 0 heterocycles. The second-order valence-electron chi connectivity index (χ2n) is 4.00. The number of halogens is 1. The summed E-state index contributed by atoms with van der Waals surface area (Å²) >= 11 is 5.59. The van der Waals surface area contributed by atoms with Gasteiger partial charge in [0.25, 0.3) is 0 Å². The van der Waals surface area contributed by atoms with Gasteiger partial charge in [0.1, 0.15) is 0 Å². The van der Waals surface area contributed by atoms with Gasteiger partial charge >= 0.3 is 7.12 Å². The summed E-state index contributed by atoms with van der Waals surface area (Å²) in [6, 6.07) is 0. The van der Waals surface area contributed by atoms with Gasteiger partial charge in [0.2, 0.25) is 0 Å². The van der Waals surface area contributed by atoms with Crippen LogP contribution in [0.5, 0.6) is 0 Å². The van der Waals surface area contributed by atoms with Gasteiger partial charge in [0, 0.05) is 18.1 Å². The van der Waals surface area contributed by atoms with Gasteiger partial charge in [-0.05, 0) is 40.5 Å². The lowest BCUT2D eigenvalue weighted by Gasteiger charge is -2.16. The fraction of sp³-hybridized carbons (Fsp3) is 0.818. The predicted molar refractivity (Wildman–Crippen MR) is 67.3 cm³/mol. The van der Waals surface area contributed by atoms with E-state index in [0.717, 1.165) is 12.8 Å². The largest absolute Gasteiger partial charge is 0.486 e. The van der Waals surface area contributed by atoms with E-state index in [9.17, 15) is 0 Å². The molecule has 0 aliphatic carbocycles. The molecular formula is C11H22BClO2. The second-order valence-corrected chi connectivity index (χ2v) is 4.38. The van der Waals surface area contributed by atoms with Crippen LogP contribution in [0.4, 0.5) is 0 Å². The van der Waals surface area contributed by atoms with Crippen molar-refractivity contribution >= 4 is 18.7 Å². The fourth-order valence-corrected chi connectivity index (χ4v) is 1.22. The van der Waals surface area contributed by atoms with Gasteiger partial charge < -0.3 is 9.31 Å². The normalized spacial score (nSPS) is 11.9. The third-order valence-electron chi connectivity index (χ3n) is 1.61. The minimum atomic E-state index is -0.236. The van der Waals surface area contributed by atoms with E-state index in [0.29, 0.717) is 5.88 Å². The molecule has 0 atom stereocenters. The van der Waals surface area contributed by atoms with Crippen molar-refractivity contribution in [3.63, 3.8) is 0 Å². The number of unbranched alkanes of at least 4 members (excludes halogenated alkanes) is 1. The van der Waals surface area contributed by atoms with Gasteiger partial charge in [-0.25, -0.2) is 0 Å². The molecule has 88 valence electrons. The highest BCUT2D eigenvalue weighted by Crippen LogP contribution is 2.03. The molecule has 0 amide bonds. The molecule has 0 aliphatic heterocycles. The van der Waals surface area contributed by atoms with E-state index in [1.807, 2.05) is 33.7 Å². The Kier molecular flexibility index (Phi) is 9.27. The van der Waals surface area contributed by atoms with Crippen LogP contribution in [0.3, 0.4) is 0 Å². The van der Waals surface area contributed by atoms with Crippen molar-refractivity contribution in [3.8, 4) is 0 Å². The smallest absolute Gasteiger partial charge is 0.405 e. The zero-order valence-corrected chi connectivity index (χ0v) is 11.0. The number of allylic oxidation sites excluding steroid dienone is 1. The topological polar surface area (TPSA) is 18.5 Å². The third kappa shape index (κ3) is 10.3. The summed E-state index contributed by atoms with van der Waals surface area (Å²) in [5.41, 5.74) is 0. The lowest BCUT2D eigenvalue weighted by atomic mass is 9.88. The van der Waals surface area contributed by atoms with Gasteiger partial charge in [-0.1, -0.05) is 12.1 Å². The summed E-state index contributed by atoms with van der Waals surface area (Å²) in [5.74, 6) is 2.66. The van der Waals surface area contributed by atoms with E-state index in [-0.39, 0.29) is 19.3 Å². The van der Waals surface area contributed by atoms with Crippen molar-refractivity contribution in [1.29, 1.82) is 0 Å². The monoisotopic (exact) mass is 232 g/mol. The van der Waals surface area contributed by atoms with Gasteiger partial charge in [-0.3, -0.25) is 0 Å². The van der Waals surface area contributed by atoms with Crippen molar-refractivity contribution in [2.45, 2.75) is 52.7 Å². The van der Waals surface area contributed by atoms with Gasteiger partial charge in [0.05, 0.1) is 0 Å². The van der Waals surface area contributed by atoms with Gasteiger partial charge in [-0.2, -0.15) is 0 Å². The van der Waals surface area contributed by atoms with E-state index >= 15 is 0 Å². The Morgan fingerprint density at radius 1 is 1.13 bits per heavy atom. The predicted octanol–water partition coefficient (Wildman–Crippen LogP) is 3.44. The molecular weight excluding hydrogens is 210 g/mol. The minimum Gasteiger partial charge on any atom is -0.405 e. The van der Waals surface area contributed by atoms with Crippen LogP contribution >= 0.6 is 11.6 Å². The van der Waals surface area contributed by atoms with Crippen molar-refractivity contribution in [2.75, 3.05) is 5.88 Å². The van der Waals surface area contributed by atoms with E-state index in [1.165, 1.54) is 0 Å². The molecule has 0 aliphatic rings. The highest BCUT2D eigenvalue weighted by Gasteiger charge is 2.17. The van der Waals surface area contributed by atoms with E-state index in [4.69, 9.17) is 20.9 Å². The zero-order valence-electron chi connectivity index (χ0n) is 10.2. The molecule has 4 heteroatoms. The van der Waals surface area contributed by atoms with Crippen LogP contribution in [0.15, 0.2) is 12.1 Å². The van der Waals surface area contributed by atoms with Crippen LogP contribution in [0, 0.1) is 0 Å². The first kappa shape index (κ1) is 15.0. The molecule has 0 aromatic rings. The Balaban J connectivity index is 3.93. The molecule has 0 rings (SSSR count). The third-order valence-corrected chi connectivity index (χ3v) is 1.88. The molecule has 0 unspecified atom stereocenters. The Hall–Kier alpha value is 0.0149. The summed E-state index contributed by atoms with van der Waals surface area (Å²) in [5, 5.41) is 0. The molecule has 0 spiro atoms. The van der Waals surface area contributed by atoms with E-state index in [2.05, 4.69) is 6.08 Å². The summed E-state index contributed by atoms with van der Waals surface area (Å²) < 4.78 is 11.2. The average Bonchev–Trinajstić information content (AvgIpc) is 2.10. The molecule has 0 N–H and O–H groups in total. The number of hydrogen-bond donors (Lipinski definition) is 0. The quantitative estimate of drug-likeness (QED) is 0.363. The Labute approximate surface area is 99.1 Å². The maximum Gasteiger partial charge on any atom is 0.486 e. The number of hydrogen-bond acceptors (Lipinski definition) is 2. The molecule has 0 saturated heterocycles. The van der Waals surface area contributed by atoms with E-state index in [1.54, 1.807) is 0 Å². The maximum absolute atomic E-state index is 5.60. The van der Waals surface area contributed by atoms with Crippen LogP contribution in [-0.2, 0) is 9.31 Å². The number of alkyl halides is 1. The van der Waals surface area contributed by atoms with Gasteiger partial charge in [-0.15, -0.1) is 11.6 Å². The van der Waals surface area contributed by atoms with Crippen LogP contribution in [0.2, 0.25) is 0 Å². The van der Waals surface area contributed by atoms with Crippen LogP contribution in [0.1, 0.15) is 40.5 Å². The molecule has 15 heavy (non-hydrogen) atoms. The van der Waals surface area contributed by atoms with Crippen molar-refractivity contribution in [3.05, 3.63) is 12.1 Å². The lowest BCUT2D eigenvalue weighted by molar-refractivity contribution is 0.138. The minimum absolute atomic E-state index is 0.173. The lowest BCUT2D eigenvalue weighted by Crippen LogP contribution is -2.27. The standard InChI is InChI=1S/C11H22BClO2/c1-10(2)14-12(15-11(3)4)8-6-5-7-9-13/h6,8,10-11H,5,7,9H2,1-4H3/b8-6+. The first-order valence-corrected chi connectivity index (χ1v) is 6.13. The Morgan fingerprint density at radius 3 is 2.07 bits per heavy atom. The Bertz CT molecular complexity index is 162. The Morgan fingerprint density at radius 2 is 1.67 bits per heavy atom. The molecule has 0 aromatic carbocycles. The highest BCUT2D eigenvalue weighted by molar-refractivity contribution is 6.50. The van der Waals surface area contributed by atoms with Crippen LogP contribution in [-0.4, -0.2) is 25.2 Å². The fourth-order valence-electron chi connectivity index (χ4n) is 1.06. The average molecular weight is 233 g/mol. The molecule has 0 aromatic heterocycles. The van der Waals surface area contributed by atoms with E-state index < -0.39 is 0 Å². The van der Waals surface area contributed by atoms with Crippen LogP contribution < -0.4 is 0 Å². The van der Waals surface area contributed by atoms with Crippen molar-refractivity contribution in [2.24, 2.45) is 0 Å². The first-order chi connectivity index (χ1) is 7.06. The van der Waals surface area contributed by atoms with Crippen LogP contribution in [0.25, 0.3) is 0 Å². The SMILES string of the molecule is CC(C)OB(/C=C/CCCCl)OC(C)C. The zero-order chi connectivity index (χ0) is 11.7. The molecule has 0 radical (unpaired) electrons. The molecule has 0 fully saturated rings. The maximum atomic E-state index is 5.60. The van der Waals surface area contributed by atoms with Crippen molar-refractivity contribution < 1.29 is 9.31 Å². The molecule has 0 bridgehead atoms. The van der Waals surface area contributed by atoms with Crippen molar-refractivity contribution in [1.82, 2.24) is 0 Å². The molecule has 0 saturated carbocycles. The van der Waals surface area contributed by atoms with Gasteiger partial charge in [0.15, 0.2) is 0 Å².